The molecule has 1 aromatic heterocycles. The molecule has 1 saturated heterocycles. The molecule has 81 valence electrons. The zero-order valence-electron chi connectivity index (χ0n) is 9.02. The molecule has 0 amide bonds. The number of pyridine rings is 1. The van der Waals surface area contributed by atoms with Gasteiger partial charge in [-0.05, 0) is 37.3 Å². The van der Waals surface area contributed by atoms with Crippen LogP contribution in [0.3, 0.4) is 0 Å². The average molecular weight is 204 g/mol. The number of anilines is 1. The maximum absolute atomic E-state index is 7.23. The first-order valence-corrected chi connectivity index (χ1v) is 5.70. The van der Waals surface area contributed by atoms with Gasteiger partial charge in [-0.3, -0.25) is 5.73 Å². The summed E-state index contributed by atoms with van der Waals surface area (Å²) in [6.45, 7) is 2.78. The maximum atomic E-state index is 7.23. The van der Waals surface area contributed by atoms with Gasteiger partial charge in [0.1, 0.15) is 5.82 Å². The van der Waals surface area contributed by atoms with Gasteiger partial charge in [0.2, 0.25) is 0 Å². The summed E-state index contributed by atoms with van der Waals surface area (Å²) in [5.74, 6) is 1.87. The van der Waals surface area contributed by atoms with Crippen molar-refractivity contribution in [3.8, 4) is 0 Å². The molecular weight excluding hydrogens is 186 g/mol. The van der Waals surface area contributed by atoms with Crippen molar-refractivity contribution in [1.29, 1.82) is 0 Å². The summed E-state index contributed by atoms with van der Waals surface area (Å²) in [7, 11) is 0. The molecule has 0 unspecified atom stereocenters. The van der Waals surface area contributed by atoms with Gasteiger partial charge in [-0.25, -0.2) is 4.98 Å². The summed E-state index contributed by atoms with van der Waals surface area (Å²) >= 11 is 0. The minimum atomic E-state index is 0.578. The number of nitrogens with one attached hydrogen (secondary N) is 1. The molecule has 1 aromatic rings. The standard InChI is InChI=1S/C12H18N3/c13-7-4-11-5-9-15(10-6-11)12-3-1-2-8-14-12/h1-3,8,11,13H,4-7,9-10H2. The van der Waals surface area contributed by atoms with E-state index in [4.69, 9.17) is 5.73 Å². The summed E-state index contributed by atoms with van der Waals surface area (Å²) in [6, 6.07) is 6.07. The number of piperidine rings is 1. The van der Waals surface area contributed by atoms with Crippen molar-refractivity contribution in [2.24, 2.45) is 5.92 Å². The summed E-state index contributed by atoms with van der Waals surface area (Å²) in [4.78, 5) is 6.71. The molecule has 15 heavy (non-hydrogen) atoms. The van der Waals surface area contributed by atoms with Crippen LogP contribution in [0.5, 0.6) is 0 Å². The Balaban J connectivity index is 1.88. The Labute approximate surface area is 91.3 Å². The van der Waals surface area contributed by atoms with Crippen LogP contribution < -0.4 is 10.6 Å². The molecule has 0 aromatic carbocycles. The van der Waals surface area contributed by atoms with Gasteiger partial charge >= 0.3 is 0 Å². The lowest BCUT2D eigenvalue weighted by molar-refractivity contribution is 0.384. The van der Waals surface area contributed by atoms with Gasteiger partial charge < -0.3 is 4.90 Å². The summed E-state index contributed by atoms with van der Waals surface area (Å²) in [6.07, 6.45) is 5.35. The van der Waals surface area contributed by atoms with Crippen molar-refractivity contribution in [1.82, 2.24) is 10.7 Å². The van der Waals surface area contributed by atoms with E-state index in [2.05, 4.69) is 16.0 Å². The molecule has 0 aliphatic carbocycles. The second-order valence-electron chi connectivity index (χ2n) is 4.16. The van der Waals surface area contributed by atoms with E-state index in [-0.39, 0.29) is 0 Å². The third-order valence-electron chi connectivity index (χ3n) is 3.14. The Morgan fingerprint density at radius 3 is 2.73 bits per heavy atom. The molecule has 3 heteroatoms. The fourth-order valence-electron chi connectivity index (χ4n) is 2.20. The van der Waals surface area contributed by atoms with Gasteiger partial charge in [0.05, 0.1) is 0 Å². The quantitative estimate of drug-likeness (QED) is 0.755. The highest BCUT2D eigenvalue weighted by molar-refractivity contribution is 5.37. The lowest BCUT2D eigenvalue weighted by atomic mass is 9.94. The first-order valence-electron chi connectivity index (χ1n) is 5.70. The predicted molar refractivity (Wildman–Crippen MR) is 61.8 cm³/mol. The van der Waals surface area contributed by atoms with E-state index in [1.807, 2.05) is 18.3 Å². The first kappa shape index (κ1) is 10.4. The molecule has 1 aliphatic rings. The van der Waals surface area contributed by atoms with Crippen LogP contribution in [0.15, 0.2) is 24.4 Å². The largest absolute Gasteiger partial charge is 0.357 e. The van der Waals surface area contributed by atoms with Crippen molar-refractivity contribution in [2.45, 2.75) is 19.3 Å². The average Bonchev–Trinajstić information content (AvgIpc) is 2.32. The smallest absolute Gasteiger partial charge is 0.128 e. The van der Waals surface area contributed by atoms with Crippen molar-refractivity contribution in [3.63, 3.8) is 0 Å². The third kappa shape index (κ3) is 2.69. The predicted octanol–water partition coefficient (Wildman–Crippen LogP) is 1.97. The SMILES string of the molecule is [NH]CCC1CCN(c2ccccn2)CC1. The van der Waals surface area contributed by atoms with Crippen molar-refractivity contribution in [3.05, 3.63) is 24.4 Å². The van der Waals surface area contributed by atoms with Crippen LogP contribution in [-0.4, -0.2) is 24.6 Å². The van der Waals surface area contributed by atoms with E-state index in [0.29, 0.717) is 6.54 Å². The fourth-order valence-corrected chi connectivity index (χ4v) is 2.20. The molecule has 1 aliphatic heterocycles. The molecule has 0 bridgehead atoms. The lowest BCUT2D eigenvalue weighted by Crippen LogP contribution is -2.34. The van der Waals surface area contributed by atoms with Gasteiger partial charge in [0, 0.05) is 25.8 Å². The second-order valence-corrected chi connectivity index (χ2v) is 4.16. The van der Waals surface area contributed by atoms with Gasteiger partial charge in [0.15, 0.2) is 0 Å². The number of nitrogens with zero attached hydrogens (tertiary/aromatic N) is 2. The summed E-state index contributed by atoms with van der Waals surface area (Å²) < 4.78 is 0. The van der Waals surface area contributed by atoms with E-state index < -0.39 is 0 Å². The highest BCUT2D eigenvalue weighted by Crippen LogP contribution is 2.23. The number of hydrogen-bond acceptors (Lipinski definition) is 2. The maximum Gasteiger partial charge on any atom is 0.128 e. The highest BCUT2D eigenvalue weighted by Gasteiger charge is 2.18. The zero-order chi connectivity index (χ0) is 10.5. The van der Waals surface area contributed by atoms with E-state index in [9.17, 15) is 0 Å². The van der Waals surface area contributed by atoms with E-state index >= 15 is 0 Å². The molecule has 2 rings (SSSR count). The Morgan fingerprint density at radius 2 is 2.13 bits per heavy atom. The number of aromatic nitrogens is 1. The molecule has 1 fully saturated rings. The van der Waals surface area contributed by atoms with Gasteiger partial charge in [-0.15, -0.1) is 0 Å². The molecule has 0 atom stereocenters. The highest BCUT2D eigenvalue weighted by atomic mass is 15.2. The zero-order valence-corrected chi connectivity index (χ0v) is 9.02. The number of hydrogen-bond donors (Lipinski definition) is 0. The Bertz CT molecular complexity index is 278. The van der Waals surface area contributed by atoms with E-state index in [1.165, 1.54) is 12.8 Å². The minimum Gasteiger partial charge on any atom is -0.357 e. The van der Waals surface area contributed by atoms with E-state index in [1.54, 1.807) is 0 Å². The van der Waals surface area contributed by atoms with Gasteiger partial charge in [-0.1, -0.05) is 6.07 Å². The molecular formula is C12H18N3. The molecule has 0 saturated carbocycles. The van der Waals surface area contributed by atoms with Crippen molar-refractivity contribution >= 4 is 5.82 Å². The first-order chi connectivity index (χ1) is 7.40. The number of rotatable bonds is 3. The van der Waals surface area contributed by atoms with Crippen LogP contribution in [0.2, 0.25) is 0 Å². The molecule has 2 heterocycles. The Hall–Kier alpha value is -1.09. The van der Waals surface area contributed by atoms with Gasteiger partial charge in [0.25, 0.3) is 0 Å². The Morgan fingerprint density at radius 1 is 1.33 bits per heavy atom. The third-order valence-corrected chi connectivity index (χ3v) is 3.14. The lowest BCUT2D eigenvalue weighted by Gasteiger charge is -2.32. The van der Waals surface area contributed by atoms with Crippen LogP contribution in [0.25, 0.3) is 0 Å². The molecule has 0 spiro atoms. The summed E-state index contributed by atoms with van der Waals surface area (Å²) in [5, 5.41) is 0. The van der Waals surface area contributed by atoms with Crippen LogP contribution in [0.4, 0.5) is 5.82 Å². The molecule has 1 N–H and O–H groups in total. The van der Waals surface area contributed by atoms with Crippen LogP contribution in [-0.2, 0) is 0 Å². The fraction of sp³-hybridized carbons (Fsp3) is 0.583. The van der Waals surface area contributed by atoms with Crippen molar-refractivity contribution in [2.75, 3.05) is 24.5 Å². The Kier molecular flexibility index (Phi) is 3.56. The van der Waals surface area contributed by atoms with Crippen molar-refractivity contribution < 1.29 is 0 Å². The second kappa shape index (κ2) is 5.12. The normalized spacial score (nSPS) is 18.1. The topological polar surface area (TPSA) is 39.9 Å². The molecule has 1 radical (unpaired) electrons. The van der Waals surface area contributed by atoms with E-state index in [0.717, 1.165) is 31.2 Å². The summed E-state index contributed by atoms with van der Waals surface area (Å²) in [5.41, 5.74) is 7.23. The van der Waals surface area contributed by atoms with Crippen LogP contribution in [0, 0.1) is 5.92 Å². The molecule has 3 nitrogen and oxygen atoms in total. The van der Waals surface area contributed by atoms with Crippen LogP contribution in [0.1, 0.15) is 19.3 Å². The minimum absolute atomic E-state index is 0.578. The van der Waals surface area contributed by atoms with Gasteiger partial charge in [-0.2, -0.15) is 0 Å². The monoisotopic (exact) mass is 204 g/mol. The van der Waals surface area contributed by atoms with Crippen LogP contribution >= 0.6 is 0 Å².